The molecule has 0 aliphatic heterocycles. The predicted molar refractivity (Wildman–Crippen MR) is 71.2 cm³/mol. The Hall–Kier alpha value is -1.51. The summed E-state index contributed by atoms with van der Waals surface area (Å²) in [6, 6.07) is 2.52. The van der Waals surface area contributed by atoms with E-state index >= 15 is 0 Å². The zero-order valence-electron chi connectivity index (χ0n) is 11.1. The molecule has 0 saturated heterocycles. The molecule has 0 aromatic heterocycles. The third kappa shape index (κ3) is 3.09. The summed E-state index contributed by atoms with van der Waals surface area (Å²) < 4.78 is 27.7. The molecule has 1 aromatic rings. The Kier molecular flexibility index (Phi) is 4.46. The SMILES string of the molecule is Cc1ccc(F)c(C(=O)/C2=C/CCCCCC2)c1F. The van der Waals surface area contributed by atoms with Gasteiger partial charge in [0.25, 0.3) is 0 Å². The fraction of sp³-hybridized carbons (Fsp3) is 0.438. The molecule has 1 aliphatic rings. The van der Waals surface area contributed by atoms with E-state index in [1.807, 2.05) is 6.08 Å². The molecule has 0 spiro atoms. The molecule has 1 aromatic carbocycles. The van der Waals surface area contributed by atoms with Crippen LogP contribution in [-0.2, 0) is 0 Å². The molecule has 19 heavy (non-hydrogen) atoms. The summed E-state index contributed by atoms with van der Waals surface area (Å²) in [5.41, 5.74) is 0.464. The molecule has 0 heterocycles. The first kappa shape index (κ1) is 13.9. The number of carbonyl (C=O) groups is 1. The highest BCUT2D eigenvalue weighted by Crippen LogP contribution is 2.24. The average Bonchev–Trinajstić information content (AvgIpc) is 2.34. The van der Waals surface area contributed by atoms with E-state index in [1.165, 1.54) is 13.0 Å². The summed E-state index contributed by atoms with van der Waals surface area (Å²) >= 11 is 0. The van der Waals surface area contributed by atoms with Crippen molar-refractivity contribution in [3.8, 4) is 0 Å². The van der Waals surface area contributed by atoms with Gasteiger partial charge in [-0.1, -0.05) is 25.0 Å². The Morgan fingerprint density at radius 1 is 1.11 bits per heavy atom. The fourth-order valence-electron chi connectivity index (χ4n) is 2.42. The lowest BCUT2D eigenvalue weighted by Crippen LogP contribution is -2.11. The van der Waals surface area contributed by atoms with Crippen molar-refractivity contribution in [2.24, 2.45) is 0 Å². The number of ketones is 1. The normalized spacial score (nSPS) is 19.2. The Morgan fingerprint density at radius 3 is 2.63 bits per heavy atom. The van der Waals surface area contributed by atoms with Gasteiger partial charge in [-0.2, -0.15) is 0 Å². The van der Waals surface area contributed by atoms with Crippen molar-refractivity contribution >= 4 is 5.78 Å². The van der Waals surface area contributed by atoms with Gasteiger partial charge in [0.05, 0.1) is 5.56 Å². The predicted octanol–water partition coefficient (Wildman–Crippen LogP) is 4.74. The van der Waals surface area contributed by atoms with Crippen molar-refractivity contribution in [1.29, 1.82) is 0 Å². The first-order valence-electron chi connectivity index (χ1n) is 6.79. The van der Waals surface area contributed by atoms with Crippen LogP contribution in [0.25, 0.3) is 0 Å². The Bertz CT molecular complexity index is 518. The molecule has 0 radical (unpaired) electrons. The van der Waals surface area contributed by atoms with Crippen molar-refractivity contribution in [2.45, 2.75) is 45.4 Å². The van der Waals surface area contributed by atoms with Gasteiger partial charge in [-0.15, -0.1) is 0 Å². The number of aryl methyl sites for hydroxylation is 1. The number of hydrogen-bond acceptors (Lipinski definition) is 1. The number of carbonyl (C=O) groups excluding carboxylic acids is 1. The molecule has 102 valence electrons. The van der Waals surface area contributed by atoms with Crippen molar-refractivity contribution in [3.63, 3.8) is 0 Å². The first-order valence-corrected chi connectivity index (χ1v) is 6.79. The van der Waals surface area contributed by atoms with Crippen LogP contribution in [-0.4, -0.2) is 5.78 Å². The van der Waals surface area contributed by atoms with Crippen LogP contribution in [0.15, 0.2) is 23.8 Å². The molecule has 0 fully saturated rings. The molecule has 0 saturated carbocycles. The van der Waals surface area contributed by atoms with Crippen molar-refractivity contribution < 1.29 is 13.6 Å². The fourth-order valence-corrected chi connectivity index (χ4v) is 2.42. The topological polar surface area (TPSA) is 17.1 Å². The molecule has 3 heteroatoms. The van der Waals surface area contributed by atoms with Gasteiger partial charge in [0.1, 0.15) is 11.6 Å². The van der Waals surface area contributed by atoms with Crippen LogP contribution in [0.2, 0.25) is 0 Å². The quantitative estimate of drug-likeness (QED) is 0.705. The Labute approximate surface area is 112 Å². The van der Waals surface area contributed by atoms with Crippen LogP contribution in [0.3, 0.4) is 0 Å². The van der Waals surface area contributed by atoms with Crippen LogP contribution in [0.1, 0.15) is 54.4 Å². The smallest absolute Gasteiger partial charge is 0.194 e. The minimum Gasteiger partial charge on any atom is -0.289 e. The zero-order chi connectivity index (χ0) is 13.8. The van der Waals surface area contributed by atoms with Crippen LogP contribution in [0, 0.1) is 18.6 Å². The summed E-state index contributed by atoms with van der Waals surface area (Å²) in [7, 11) is 0. The molecule has 0 amide bonds. The minimum atomic E-state index is -0.768. The van der Waals surface area contributed by atoms with Crippen LogP contribution in [0.4, 0.5) is 8.78 Å². The van der Waals surface area contributed by atoms with E-state index in [9.17, 15) is 13.6 Å². The molecule has 0 atom stereocenters. The van der Waals surface area contributed by atoms with E-state index in [0.717, 1.165) is 38.2 Å². The Balaban J connectivity index is 2.35. The lowest BCUT2D eigenvalue weighted by Gasteiger charge is -2.12. The second-order valence-electron chi connectivity index (χ2n) is 5.06. The third-order valence-electron chi connectivity index (χ3n) is 3.59. The monoisotopic (exact) mass is 264 g/mol. The summed E-state index contributed by atoms with van der Waals surface area (Å²) in [6.45, 7) is 1.54. The van der Waals surface area contributed by atoms with Gasteiger partial charge < -0.3 is 0 Å². The minimum absolute atomic E-state index is 0.302. The van der Waals surface area contributed by atoms with Crippen LogP contribution < -0.4 is 0 Å². The number of halogens is 2. The third-order valence-corrected chi connectivity index (χ3v) is 3.59. The number of rotatable bonds is 2. The second kappa shape index (κ2) is 6.09. The van der Waals surface area contributed by atoms with Crippen molar-refractivity contribution in [3.05, 3.63) is 46.5 Å². The van der Waals surface area contributed by atoms with Gasteiger partial charge in [0.15, 0.2) is 5.78 Å². The number of allylic oxidation sites excluding steroid dienone is 2. The van der Waals surface area contributed by atoms with Gasteiger partial charge in [-0.3, -0.25) is 4.79 Å². The molecule has 2 rings (SSSR count). The van der Waals surface area contributed by atoms with E-state index in [4.69, 9.17) is 0 Å². The van der Waals surface area contributed by atoms with Crippen molar-refractivity contribution in [2.75, 3.05) is 0 Å². The summed E-state index contributed by atoms with van der Waals surface area (Å²) in [6.07, 6.45) is 7.46. The molecule has 0 bridgehead atoms. The highest BCUT2D eigenvalue weighted by atomic mass is 19.1. The van der Waals surface area contributed by atoms with E-state index in [0.29, 0.717) is 17.6 Å². The second-order valence-corrected chi connectivity index (χ2v) is 5.06. The van der Waals surface area contributed by atoms with E-state index in [2.05, 4.69) is 0 Å². The van der Waals surface area contributed by atoms with E-state index in [-0.39, 0.29) is 0 Å². The number of benzene rings is 1. The summed E-state index contributed by atoms with van der Waals surface area (Å²) in [4.78, 5) is 12.3. The highest BCUT2D eigenvalue weighted by molar-refractivity contribution is 6.09. The van der Waals surface area contributed by atoms with Gasteiger partial charge >= 0.3 is 0 Å². The highest BCUT2D eigenvalue weighted by Gasteiger charge is 2.22. The lowest BCUT2D eigenvalue weighted by molar-refractivity contribution is 0.102. The van der Waals surface area contributed by atoms with E-state index in [1.54, 1.807) is 0 Å². The average molecular weight is 264 g/mol. The van der Waals surface area contributed by atoms with Crippen LogP contribution in [0.5, 0.6) is 0 Å². The molecular formula is C16H18F2O. The van der Waals surface area contributed by atoms with Gasteiger partial charge in [-0.05, 0) is 49.8 Å². The maximum absolute atomic E-state index is 14.0. The molecule has 0 unspecified atom stereocenters. The zero-order valence-corrected chi connectivity index (χ0v) is 11.1. The van der Waals surface area contributed by atoms with E-state index < -0.39 is 23.0 Å². The van der Waals surface area contributed by atoms with Gasteiger partial charge in [0, 0.05) is 0 Å². The van der Waals surface area contributed by atoms with Crippen molar-refractivity contribution in [1.82, 2.24) is 0 Å². The maximum atomic E-state index is 14.0. The molecule has 1 aliphatic carbocycles. The van der Waals surface area contributed by atoms with Gasteiger partial charge in [0.2, 0.25) is 0 Å². The summed E-state index contributed by atoms with van der Waals surface area (Å²) in [5.74, 6) is -1.98. The largest absolute Gasteiger partial charge is 0.289 e. The van der Waals surface area contributed by atoms with Crippen LogP contribution >= 0.6 is 0 Å². The first-order chi connectivity index (χ1) is 9.11. The summed E-state index contributed by atoms with van der Waals surface area (Å²) in [5, 5.41) is 0. The number of hydrogen-bond donors (Lipinski definition) is 0. The molecule has 1 nitrogen and oxygen atoms in total. The molecular weight excluding hydrogens is 246 g/mol. The Morgan fingerprint density at radius 2 is 1.84 bits per heavy atom. The lowest BCUT2D eigenvalue weighted by atomic mass is 9.93. The molecule has 0 N–H and O–H groups in total. The number of Topliss-reactive ketones (excluding diaryl/α,β-unsaturated/α-hetero) is 1. The maximum Gasteiger partial charge on any atom is 0.194 e. The van der Waals surface area contributed by atoms with Gasteiger partial charge in [-0.25, -0.2) is 8.78 Å². The standard InChI is InChI=1S/C16H18F2O/c1-11-9-10-13(17)14(15(11)18)16(19)12-7-5-3-2-4-6-8-12/h7,9-10H,2-6,8H2,1H3/b12-7+.